The normalized spacial score (nSPS) is 11.0. The lowest BCUT2D eigenvalue weighted by Gasteiger charge is -2.07. The van der Waals surface area contributed by atoms with Crippen LogP contribution in [-0.2, 0) is 18.8 Å². The molecule has 7 heteroatoms. The van der Waals surface area contributed by atoms with Gasteiger partial charge in [-0.2, -0.15) is 0 Å². The van der Waals surface area contributed by atoms with Gasteiger partial charge >= 0.3 is 0 Å². The highest BCUT2D eigenvalue weighted by atomic mass is 32.2. The molecule has 4 nitrogen and oxygen atoms in total. The van der Waals surface area contributed by atoms with Crippen molar-refractivity contribution in [3.8, 4) is 0 Å². The standard InChI is InChI=1S/C13H16F2N4S/c1-2-5-19-12(7-16)17-18-13(19)20-8-9-3-4-10(14)11(15)6-9/h3-4,6H,2,5,7-8,16H2,1H3. The monoisotopic (exact) mass is 298 g/mol. The van der Waals surface area contributed by atoms with Crippen LogP contribution in [-0.4, -0.2) is 14.8 Å². The lowest BCUT2D eigenvalue weighted by Crippen LogP contribution is -2.09. The van der Waals surface area contributed by atoms with Crippen LogP contribution >= 0.6 is 11.8 Å². The second-order valence-electron chi connectivity index (χ2n) is 4.29. The number of thioether (sulfide) groups is 1. The summed E-state index contributed by atoms with van der Waals surface area (Å²) in [6.07, 6.45) is 0.948. The lowest BCUT2D eigenvalue weighted by molar-refractivity contribution is 0.507. The van der Waals surface area contributed by atoms with Gasteiger partial charge < -0.3 is 10.3 Å². The molecule has 20 heavy (non-hydrogen) atoms. The second-order valence-corrected chi connectivity index (χ2v) is 5.23. The molecule has 0 atom stereocenters. The summed E-state index contributed by atoms with van der Waals surface area (Å²) in [5.41, 5.74) is 6.32. The molecule has 0 unspecified atom stereocenters. The topological polar surface area (TPSA) is 56.7 Å². The van der Waals surface area contributed by atoms with E-state index in [1.54, 1.807) is 6.07 Å². The number of hydrogen-bond donors (Lipinski definition) is 1. The van der Waals surface area contributed by atoms with Gasteiger partial charge in [0.25, 0.3) is 0 Å². The molecular weight excluding hydrogens is 282 g/mol. The van der Waals surface area contributed by atoms with E-state index in [-0.39, 0.29) is 0 Å². The lowest BCUT2D eigenvalue weighted by atomic mass is 10.2. The molecule has 0 aliphatic rings. The molecule has 0 aliphatic heterocycles. The van der Waals surface area contributed by atoms with E-state index in [1.165, 1.54) is 17.8 Å². The number of hydrogen-bond acceptors (Lipinski definition) is 4. The molecule has 0 fully saturated rings. The molecule has 2 N–H and O–H groups in total. The van der Waals surface area contributed by atoms with Crippen molar-refractivity contribution in [3.05, 3.63) is 41.2 Å². The summed E-state index contributed by atoms with van der Waals surface area (Å²) in [7, 11) is 0. The van der Waals surface area contributed by atoms with Gasteiger partial charge in [-0.1, -0.05) is 24.8 Å². The molecule has 0 bridgehead atoms. The zero-order valence-corrected chi connectivity index (χ0v) is 12.0. The molecule has 2 aromatic rings. The maximum absolute atomic E-state index is 13.1. The summed E-state index contributed by atoms with van der Waals surface area (Å²) in [5, 5.41) is 8.87. The van der Waals surface area contributed by atoms with Crippen molar-refractivity contribution in [1.29, 1.82) is 0 Å². The maximum Gasteiger partial charge on any atom is 0.191 e. The molecule has 1 heterocycles. The fraction of sp³-hybridized carbons (Fsp3) is 0.385. The van der Waals surface area contributed by atoms with E-state index in [0.29, 0.717) is 17.9 Å². The Bertz CT molecular complexity index is 586. The molecular formula is C13H16F2N4S. The van der Waals surface area contributed by atoms with Gasteiger partial charge in [-0.25, -0.2) is 8.78 Å². The van der Waals surface area contributed by atoms with Crippen molar-refractivity contribution < 1.29 is 8.78 Å². The van der Waals surface area contributed by atoms with Crippen LogP contribution in [0, 0.1) is 11.6 Å². The summed E-state index contributed by atoms with van der Waals surface area (Å²) in [6.45, 7) is 3.18. The predicted molar refractivity (Wildman–Crippen MR) is 74.1 cm³/mol. The summed E-state index contributed by atoms with van der Waals surface area (Å²) >= 11 is 1.44. The molecule has 2 rings (SSSR count). The summed E-state index contributed by atoms with van der Waals surface area (Å²) in [5.74, 6) is -0.428. The Morgan fingerprint density at radius 2 is 2.05 bits per heavy atom. The van der Waals surface area contributed by atoms with Crippen molar-refractivity contribution in [2.45, 2.75) is 37.3 Å². The number of benzene rings is 1. The molecule has 1 aromatic carbocycles. The van der Waals surface area contributed by atoms with Gasteiger partial charge in [0, 0.05) is 12.3 Å². The second kappa shape index (κ2) is 6.81. The van der Waals surface area contributed by atoms with Crippen LogP contribution in [0.2, 0.25) is 0 Å². The smallest absolute Gasteiger partial charge is 0.191 e. The molecule has 0 spiro atoms. The summed E-state index contributed by atoms with van der Waals surface area (Å²) < 4.78 is 27.9. The third-order valence-electron chi connectivity index (χ3n) is 2.78. The largest absolute Gasteiger partial charge is 0.324 e. The van der Waals surface area contributed by atoms with Crippen molar-refractivity contribution in [3.63, 3.8) is 0 Å². The van der Waals surface area contributed by atoms with Crippen LogP contribution in [0.15, 0.2) is 23.4 Å². The van der Waals surface area contributed by atoms with E-state index in [9.17, 15) is 8.78 Å². The van der Waals surface area contributed by atoms with Crippen LogP contribution in [0.5, 0.6) is 0 Å². The molecule has 0 saturated heterocycles. The molecule has 108 valence electrons. The number of nitrogens with zero attached hydrogens (tertiary/aromatic N) is 3. The van der Waals surface area contributed by atoms with Crippen molar-refractivity contribution >= 4 is 11.8 Å². The van der Waals surface area contributed by atoms with Gasteiger partial charge in [0.15, 0.2) is 16.8 Å². The Balaban J connectivity index is 2.10. The van der Waals surface area contributed by atoms with Gasteiger partial charge in [0.05, 0.1) is 6.54 Å². The van der Waals surface area contributed by atoms with Crippen molar-refractivity contribution in [1.82, 2.24) is 14.8 Å². The van der Waals surface area contributed by atoms with Gasteiger partial charge in [-0.05, 0) is 24.1 Å². The number of nitrogens with two attached hydrogens (primary N) is 1. The summed E-state index contributed by atoms with van der Waals surface area (Å²) in [6, 6.07) is 3.90. The molecule has 1 aromatic heterocycles. The Labute approximate surface area is 120 Å². The first-order valence-corrected chi connectivity index (χ1v) is 7.33. The average Bonchev–Trinajstić information content (AvgIpc) is 2.83. The first-order chi connectivity index (χ1) is 9.65. The van der Waals surface area contributed by atoms with Crippen LogP contribution in [0.25, 0.3) is 0 Å². The minimum atomic E-state index is -0.835. The SMILES string of the molecule is CCCn1c(CN)nnc1SCc1ccc(F)c(F)c1. The fourth-order valence-corrected chi connectivity index (χ4v) is 2.73. The van der Waals surface area contributed by atoms with E-state index >= 15 is 0 Å². The van der Waals surface area contributed by atoms with Crippen LogP contribution in [0.1, 0.15) is 24.7 Å². The Morgan fingerprint density at radius 3 is 2.70 bits per heavy atom. The first kappa shape index (κ1) is 14.9. The Morgan fingerprint density at radius 1 is 1.25 bits per heavy atom. The fourth-order valence-electron chi connectivity index (χ4n) is 1.80. The highest BCUT2D eigenvalue weighted by Gasteiger charge is 2.11. The van der Waals surface area contributed by atoms with Gasteiger partial charge in [-0.15, -0.1) is 10.2 Å². The third-order valence-corrected chi connectivity index (χ3v) is 3.81. The predicted octanol–water partition coefficient (Wildman–Crippen LogP) is 2.72. The van der Waals surface area contributed by atoms with Crippen LogP contribution in [0.3, 0.4) is 0 Å². The molecule has 0 aliphatic carbocycles. The zero-order chi connectivity index (χ0) is 14.5. The number of rotatable bonds is 6. The van der Waals surface area contributed by atoms with E-state index in [1.807, 2.05) is 4.57 Å². The third kappa shape index (κ3) is 3.34. The van der Waals surface area contributed by atoms with E-state index in [2.05, 4.69) is 17.1 Å². The molecule has 0 saturated carbocycles. The minimum absolute atomic E-state index is 0.332. The molecule has 0 radical (unpaired) electrons. The Hall–Kier alpha value is -1.47. The minimum Gasteiger partial charge on any atom is -0.324 e. The number of halogens is 2. The van der Waals surface area contributed by atoms with E-state index in [0.717, 1.165) is 30.0 Å². The van der Waals surface area contributed by atoms with Gasteiger partial charge in [0.1, 0.15) is 5.82 Å². The highest BCUT2D eigenvalue weighted by Crippen LogP contribution is 2.23. The number of aromatic nitrogens is 3. The zero-order valence-electron chi connectivity index (χ0n) is 11.1. The van der Waals surface area contributed by atoms with Gasteiger partial charge in [0.2, 0.25) is 0 Å². The summed E-state index contributed by atoms with van der Waals surface area (Å²) in [4.78, 5) is 0. The maximum atomic E-state index is 13.1. The van der Waals surface area contributed by atoms with E-state index < -0.39 is 11.6 Å². The molecule has 0 amide bonds. The van der Waals surface area contributed by atoms with Crippen LogP contribution < -0.4 is 5.73 Å². The Kier molecular flexibility index (Phi) is 5.08. The average molecular weight is 298 g/mol. The van der Waals surface area contributed by atoms with Crippen molar-refractivity contribution in [2.75, 3.05) is 0 Å². The first-order valence-electron chi connectivity index (χ1n) is 6.34. The quantitative estimate of drug-likeness (QED) is 0.833. The van der Waals surface area contributed by atoms with Crippen LogP contribution in [0.4, 0.5) is 8.78 Å². The van der Waals surface area contributed by atoms with E-state index in [4.69, 9.17) is 5.73 Å². The van der Waals surface area contributed by atoms with Gasteiger partial charge in [-0.3, -0.25) is 0 Å². The highest BCUT2D eigenvalue weighted by molar-refractivity contribution is 7.98. The van der Waals surface area contributed by atoms with Crippen molar-refractivity contribution in [2.24, 2.45) is 5.73 Å².